The summed E-state index contributed by atoms with van der Waals surface area (Å²) < 4.78 is 13.7. The second kappa shape index (κ2) is 5.78. The Morgan fingerprint density at radius 3 is 2.30 bits per heavy atom. The SMILES string of the molecule is CC(C)(C)C1(C)OCCOC1=Nc1c(Br)cccc1Br. The standard InChI is InChI=1S/C15H19Br2NO2/c1-14(2,3)15(4)13(19-8-9-20-15)18-12-10(16)6-5-7-11(12)17/h5-7H,8-9H2,1-4H3. The fourth-order valence-electron chi connectivity index (χ4n) is 1.96. The molecule has 0 aromatic heterocycles. The average Bonchev–Trinajstić information content (AvgIpc) is 2.35. The molecule has 1 atom stereocenters. The second-order valence-electron chi connectivity index (χ2n) is 5.97. The van der Waals surface area contributed by atoms with E-state index in [0.29, 0.717) is 19.1 Å². The smallest absolute Gasteiger partial charge is 0.222 e. The van der Waals surface area contributed by atoms with Crippen molar-refractivity contribution in [1.29, 1.82) is 0 Å². The van der Waals surface area contributed by atoms with E-state index >= 15 is 0 Å². The summed E-state index contributed by atoms with van der Waals surface area (Å²) in [4.78, 5) is 4.71. The molecule has 1 aromatic rings. The highest BCUT2D eigenvalue weighted by Gasteiger charge is 2.47. The van der Waals surface area contributed by atoms with Gasteiger partial charge in [-0.1, -0.05) is 26.8 Å². The summed E-state index contributed by atoms with van der Waals surface area (Å²) >= 11 is 7.06. The molecule has 1 saturated heterocycles. The van der Waals surface area contributed by atoms with E-state index in [4.69, 9.17) is 14.5 Å². The highest BCUT2D eigenvalue weighted by atomic mass is 79.9. The van der Waals surface area contributed by atoms with Crippen molar-refractivity contribution in [1.82, 2.24) is 0 Å². The van der Waals surface area contributed by atoms with Gasteiger partial charge in [0.05, 0.1) is 12.3 Å². The number of halogens is 2. The van der Waals surface area contributed by atoms with Crippen LogP contribution in [-0.2, 0) is 9.47 Å². The van der Waals surface area contributed by atoms with Gasteiger partial charge < -0.3 is 9.47 Å². The lowest BCUT2D eigenvalue weighted by atomic mass is 9.77. The van der Waals surface area contributed by atoms with Crippen molar-refractivity contribution < 1.29 is 9.47 Å². The monoisotopic (exact) mass is 403 g/mol. The maximum absolute atomic E-state index is 6.01. The minimum atomic E-state index is -0.542. The van der Waals surface area contributed by atoms with E-state index in [1.807, 2.05) is 25.1 Å². The van der Waals surface area contributed by atoms with Gasteiger partial charge in [0.1, 0.15) is 12.2 Å². The average molecular weight is 405 g/mol. The Morgan fingerprint density at radius 1 is 1.15 bits per heavy atom. The first-order chi connectivity index (χ1) is 9.25. The molecule has 3 nitrogen and oxygen atoms in total. The number of hydrogen-bond acceptors (Lipinski definition) is 3. The first-order valence-electron chi connectivity index (χ1n) is 6.55. The molecule has 1 fully saturated rings. The van der Waals surface area contributed by atoms with Gasteiger partial charge in [0.15, 0.2) is 0 Å². The van der Waals surface area contributed by atoms with Gasteiger partial charge in [-0.15, -0.1) is 0 Å². The normalized spacial score (nSPS) is 25.6. The number of benzene rings is 1. The first kappa shape index (κ1) is 16.0. The molecule has 20 heavy (non-hydrogen) atoms. The maximum Gasteiger partial charge on any atom is 0.222 e. The summed E-state index contributed by atoms with van der Waals surface area (Å²) in [5.74, 6) is 0.629. The summed E-state index contributed by atoms with van der Waals surface area (Å²) in [6.07, 6.45) is 0. The zero-order chi connectivity index (χ0) is 15.0. The van der Waals surface area contributed by atoms with Crippen LogP contribution in [0.5, 0.6) is 0 Å². The molecular formula is C15H19Br2NO2. The van der Waals surface area contributed by atoms with Gasteiger partial charge >= 0.3 is 0 Å². The molecule has 1 aromatic carbocycles. The molecule has 0 saturated carbocycles. The molecule has 1 aliphatic rings. The highest BCUT2D eigenvalue weighted by molar-refractivity contribution is 9.11. The van der Waals surface area contributed by atoms with Gasteiger partial charge in [0, 0.05) is 8.95 Å². The zero-order valence-electron chi connectivity index (χ0n) is 12.2. The molecule has 1 unspecified atom stereocenters. The molecule has 5 heteroatoms. The van der Waals surface area contributed by atoms with Crippen LogP contribution >= 0.6 is 31.9 Å². The summed E-state index contributed by atoms with van der Waals surface area (Å²) in [6.45, 7) is 9.55. The Morgan fingerprint density at radius 2 is 1.75 bits per heavy atom. The molecule has 1 aliphatic heterocycles. The molecule has 0 bridgehead atoms. The molecule has 0 spiro atoms. The number of hydrogen-bond donors (Lipinski definition) is 0. The molecule has 0 amide bonds. The maximum atomic E-state index is 6.01. The van der Waals surface area contributed by atoms with Crippen molar-refractivity contribution in [3.63, 3.8) is 0 Å². The summed E-state index contributed by atoms with van der Waals surface area (Å²) in [5, 5.41) is 0. The predicted octanol–water partition coefficient (Wildman–Crippen LogP) is 5.09. The highest BCUT2D eigenvalue weighted by Crippen LogP contribution is 2.40. The minimum absolute atomic E-state index is 0.111. The molecule has 1 heterocycles. The third kappa shape index (κ3) is 2.95. The molecule has 0 aliphatic carbocycles. The Balaban J connectivity index is 2.51. The van der Waals surface area contributed by atoms with Crippen LogP contribution in [0.25, 0.3) is 0 Å². The predicted molar refractivity (Wildman–Crippen MR) is 88.7 cm³/mol. The number of nitrogens with zero attached hydrogens (tertiary/aromatic N) is 1. The summed E-state index contributed by atoms with van der Waals surface area (Å²) in [7, 11) is 0. The molecule has 2 rings (SSSR count). The lowest BCUT2D eigenvalue weighted by molar-refractivity contribution is -0.103. The van der Waals surface area contributed by atoms with Gasteiger partial charge in [-0.2, -0.15) is 0 Å². The van der Waals surface area contributed by atoms with Gasteiger partial charge in [0.2, 0.25) is 5.90 Å². The van der Waals surface area contributed by atoms with E-state index in [0.717, 1.165) is 14.6 Å². The van der Waals surface area contributed by atoms with Crippen LogP contribution in [0.15, 0.2) is 32.1 Å². The molecule has 0 N–H and O–H groups in total. The third-order valence-electron chi connectivity index (χ3n) is 3.70. The fraction of sp³-hybridized carbons (Fsp3) is 0.533. The Bertz CT molecular complexity index is 517. The Hall–Kier alpha value is -0.390. The van der Waals surface area contributed by atoms with Crippen LogP contribution in [0.1, 0.15) is 27.7 Å². The Labute approximate surface area is 137 Å². The zero-order valence-corrected chi connectivity index (χ0v) is 15.3. The first-order valence-corrected chi connectivity index (χ1v) is 8.14. The lowest BCUT2D eigenvalue weighted by Crippen LogP contribution is -2.54. The number of para-hydroxylation sites is 1. The van der Waals surface area contributed by atoms with Crippen LogP contribution in [0.4, 0.5) is 5.69 Å². The van der Waals surface area contributed by atoms with Gasteiger partial charge in [-0.3, -0.25) is 0 Å². The number of aliphatic imine (C=N–C) groups is 1. The van der Waals surface area contributed by atoms with Crippen molar-refractivity contribution in [3.05, 3.63) is 27.1 Å². The Kier molecular flexibility index (Phi) is 4.62. The van der Waals surface area contributed by atoms with Crippen molar-refractivity contribution >= 4 is 43.4 Å². The van der Waals surface area contributed by atoms with Gasteiger partial charge in [-0.25, -0.2) is 4.99 Å². The van der Waals surface area contributed by atoms with Crippen LogP contribution in [-0.4, -0.2) is 24.7 Å². The van der Waals surface area contributed by atoms with Crippen LogP contribution < -0.4 is 0 Å². The summed E-state index contributed by atoms with van der Waals surface area (Å²) in [5.41, 5.74) is 0.170. The van der Waals surface area contributed by atoms with E-state index < -0.39 is 5.60 Å². The van der Waals surface area contributed by atoms with Gasteiger partial charge in [0.25, 0.3) is 0 Å². The van der Waals surface area contributed by atoms with E-state index in [-0.39, 0.29) is 5.41 Å². The van der Waals surface area contributed by atoms with Crippen molar-refractivity contribution in [2.45, 2.75) is 33.3 Å². The molecule has 110 valence electrons. The second-order valence-corrected chi connectivity index (χ2v) is 7.68. The van der Waals surface area contributed by atoms with E-state index in [1.54, 1.807) is 0 Å². The topological polar surface area (TPSA) is 30.8 Å². The van der Waals surface area contributed by atoms with Crippen LogP contribution in [0.3, 0.4) is 0 Å². The number of rotatable bonds is 1. The fourth-order valence-corrected chi connectivity index (χ4v) is 3.13. The van der Waals surface area contributed by atoms with E-state index in [1.165, 1.54) is 0 Å². The lowest BCUT2D eigenvalue weighted by Gasteiger charge is -2.44. The third-order valence-corrected chi connectivity index (χ3v) is 4.98. The quantitative estimate of drug-likeness (QED) is 0.652. The minimum Gasteiger partial charge on any atom is -0.476 e. The van der Waals surface area contributed by atoms with Crippen LogP contribution in [0.2, 0.25) is 0 Å². The largest absolute Gasteiger partial charge is 0.476 e. The van der Waals surface area contributed by atoms with E-state index in [9.17, 15) is 0 Å². The van der Waals surface area contributed by atoms with E-state index in [2.05, 4.69) is 52.6 Å². The van der Waals surface area contributed by atoms with Crippen molar-refractivity contribution in [2.75, 3.05) is 13.2 Å². The van der Waals surface area contributed by atoms with Crippen LogP contribution in [0, 0.1) is 5.41 Å². The van der Waals surface area contributed by atoms with Crippen molar-refractivity contribution in [2.24, 2.45) is 10.4 Å². The van der Waals surface area contributed by atoms with Gasteiger partial charge in [-0.05, 0) is 56.3 Å². The van der Waals surface area contributed by atoms with Crippen molar-refractivity contribution in [3.8, 4) is 0 Å². The molecule has 0 radical (unpaired) electrons. The number of ether oxygens (including phenoxy) is 2. The summed E-state index contributed by atoms with van der Waals surface area (Å²) in [6, 6.07) is 5.88. The molecular weight excluding hydrogens is 386 g/mol.